The second kappa shape index (κ2) is 7.05. The largest absolute Gasteiger partial charge is 0.374 e. The number of thiophene rings is 1. The van der Waals surface area contributed by atoms with Crippen LogP contribution in [-0.2, 0) is 6.54 Å². The Balaban J connectivity index is 1.46. The summed E-state index contributed by atoms with van der Waals surface area (Å²) in [4.78, 5) is 6.92. The molecule has 0 radical (unpaired) electrons. The Bertz CT molecular complexity index is 778. The number of anilines is 2. The first kappa shape index (κ1) is 15.2. The SMILES string of the molecule is c1ccc(N2CCCCC2)c(NCc2nc(-c3ccsc3)no2)c1. The molecule has 0 unspecified atom stereocenters. The van der Waals surface area contributed by atoms with E-state index < -0.39 is 0 Å². The lowest BCUT2D eigenvalue weighted by Crippen LogP contribution is -2.30. The number of hydrogen-bond donors (Lipinski definition) is 1. The minimum atomic E-state index is 0.530. The van der Waals surface area contributed by atoms with Gasteiger partial charge in [0.2, 0.25) is 11.7 Å². The van der Waals surface area contributed by atoms with Gasteiger partial charge in [0.05, 0.1) is 17.9 Å². The van der Waals surface area contributed by atoms with E-state index in [-0.39, 0.29) is 0 Å². The molecule has 1 aliphatic heterocycles. The molecule has 0 atom stereocenters. The van der Waals surface area contributed by atoms with E-state index in [0.29, 0.717) is 18.3 Å². The van der Waals surface area contributed by atoms with Gasteiger partial charge in [-0.3, -0.25) is 0 Å². The average Bonchev–Trinajstić information content (AvgIpc) is 3.32. The molecule has 1 fully saturated rings. The number of nitrogens with one attached hydrogen (secondary N) is 1. The predicted molar refractivity (Wildman–Crippen MR) is 97.4 cm³/mol. The predicted octanol–water partition coefficient (Wildman–Crippen LogP) is 4.40. The average molecular weight is 340 g/mol. The Kier molecular flexibility index (Phi) is 4.46. The van der Waals surface area contributed by atoms with E-state index in [9.17, 15) is 0 Å². The first-order valence-electron chi connectivity index (χ1n) is 8.33. The molecule has 1 aliphatic rings. The van der Waals surface area contributed by atoms with Crippen LogP contribution >= 0.6 is 11.3 Å². The fraction of sp³-hybridized carbons (Fsp3) is 0.333. The highest BCUT2D eigenvalue weighted by Gasteiger charge is 2.15. The van der Waals surface area contributed by atoms with Crippen molar-refractivity contribution in [3.8, 4) is 11.4 Å². The van der Waals surface area contributed by atoms with E-state index in [1.165, 1.54) is 24.9 Å². The standard InChI is InChI=1S/C18H20N4OS/c1-4-9-22(10-5-1)16-7-3-2-6-15(16)19-12-17-20-18(21-23-17)14-8-11-24-13-14/h2-3,6-8,11,13,19H,1,4-5,9-10,12H2. The van der Waals surface area contributed by atoms with Gasteiger partial charge in [-0.25, -0.2) is 0 Å². The molecular weight excluding hydrogens is 320 g/mol. The monoisotopic (exact) mass is 340 g/mol. The van der Waals surface area contributed by atoms with Gasteiger partial charge in [-0.2, -0.15) is 16.3 Å². The molecule has 0 spiro atoms. The molecule has 0 saturated carbocycles. The molecule has 24 heavy (non-hydrogen) atoms. The van der Waals surface area contributed by atoms with Crippen LogP contribution in [0.2, 0.25) is 0 Å². The fourth-order valence-corrected chi connectivity index (χ4v) is 3.67. The van der Waals surface area contributed by atoms with Crippen molar-refractivity contribution in [2.75, 3.05) is 23.3 Å². The number of benzene rings is 1. The van der Waals surface area contributed by atoms with Crippen molar-refractivity contribution in [1.82, 2.24) is 10.1 Å². The highest BCUT2D eigenvalue weighted by molar-refractivity contribution is 7.08. The van der Waals surface area contributed by atoms with Crippen LogP contribution in [0.15, 0.2) is 45.6 Å². The summed E-state index contributed by atoms with van der Waals surface area (Å²) in [5, 5.41) is 11.5. The Morgan fingerprint density at radius 3 is 2.83 bits per heavy atom. The normalized spacial score (nSPS) is 14.8. The van der Waals surface area contributed by atoms with Crippen molar-refractivity contribution >= 4 is 22.7 Å². The van der Waals surface area contributed by atoms with Crippen molar-refractivity contribution in [2.45, 2.75) is 25.8 Å². The lowest BCUT2D eigenvalue weighted by molar-refractivity contribution is 0.384. The van der Waals surface area contributed by atoms with Gasteiger partial charge in [0, 0.05) is 24.0 Å². The van der Waals surface area contributed by atoms with Gasteiger partial charge in [0.25, 0.3) is 0 Å². The first-order valence-corrected chi connectivity index (χ1v) is 9.27. The summed E-state index contributed by atoms with van der Waals surface area (Å²) in [7, 11) is 0. The summed E-state index contributed by atoms with van der Waals surface area (Å²) < 4.78 is 5.36. The molecule has 2 aromatic heterocycles. The van der Waals surface area contributed by atoms with E-state index >= 15 is 0 Å². The minimum Gasteiger partial charge on any atom is -0.374 e. The molecule has 3 aromatic rings. The van der Waals surface area contributed by atoms with E-state index in [4.69, 9.17) is 4.52 Å². The minimum absolute atomic E-state index is 0.530. The molecule has 5 nitrogen and oxygen atoms in total. The van der Waals surface area contributed by atoms with Crippen molar-refractivity contribution in [3.05, 3.63) is 47.0 Å². The zero-order valence-corrected chi connectivity index (χ0v) is 14.3. The highest BCUT2D eigenvalue weighted by atomic mass is 32.1. The molecule has 0 bridgehead atoms. The third-order valence-electron chi connectivity index (χ3n) is 4.28. The zero-order valence-electron chi connectivity index (χ0n) is 13.4. The second-order valence-electron chi connectivity index (χ2n) is 5.94. The molecule has 6 heteroatoms. The summed E-state index contributed by atoms with van der Waals surface area (Å²) in [5.41, 5.74) is 3.38. The maximum atomic E-state index is 5.36. The maximum Gasteiger partial charge on any atom is 0.246 e. The smallest absolute Gasteiger partial charge is 0.246 e. The quantitative estimate of drug-likeness (QED) is 0.746. The third-order valence-corrected chi connectivity index (χ3v) is 4.96. The van der Waals surface area contributed by atoms with E-state index in [2.05, 4.69) is 44.6 Å². The maximum absolute atomic E-state index is 5.36. The second-order valence-corrected chi connectivity index (χ2v) is 6.72. The van der Waals surface area contributed by atoms with Crippen LogP contribution in [0.4, 0.5) is 11.4 Å². The molecule has 1 aromatic carbocycles. The van der Waals surface area contributed by atoms with Crippen LogP contribution in [0.5, 0.6) is 0 Å². The van der Waals surface area contributed by atoms with Gasteiger partial charge in [-0.05, 0) is 42.8 Å². The van der Waals surface area contributed by atoms with Crippen LogP contribution in [0.25, 0.3) is 11.4 Å². The molecular formula is C18H20N4OS. The van der Waals surface area contributed by atoms with Gasteiger partial charge in [0.15, 0.2) is 0 Å². The number of rotatable bonds is 5. The fourth-order valence-electron chi connectivity index (χ4n) is 3.04. The Labute approximate surface area is 145 Å². The molecule has 4 rings (SSSR count). The van der Waals surface area contributed by atoms with Crippen LogP contribution in [0, 0.1) is 0 Å². The number of para-hydroxylation sites is 2. The van der Waals surface area contributed by atoms with E-state index in [1.54, 1.807) is 11.3 Å². The van der Waals surface area contributed by atoms with Crippen molar-refractivity contribution in [3.63, 3.8) is 0 Å². The lowest BCUT2D eigenvalue weighted by atomic mass is 10.1. The lowest BCUT2D eigenvalue weighted by Gasteiger charge is -2.30. The molecule has 1 N–H and O–H groups in total. The number of aromatic nitrogens is 2. The molecule has 0 aliphatic carbocycles. The summed E-state index contributed by atoms with van der Waals surface area (Å²) in [6.07, 6.45) is 3.86. The number of piperidine rings is 1. The van der Waals surface area contributed by atoms with Crippen LogP contribution in [0.1, 0.15) is 25.2 Å². The molecule has 0 amide bonds. The molecule has 1 saturated heterocycles. The van der Waals surface area contributed by atoms with Crippen LogP contribution in [-0.4, -0.2) is 23.2 Å². The van der Waals surface area contributed by atoms with Crippen LogP contribution in [0.3, 0.4) is 0 Å². The number of nitrogens with zero attached hydrogens (tertiary/aromatic N) is 3. The van der Waals surface area contributed by atoms with Crippen molar-refractivity contribution in [2.24, 2.45) is 0 Å². The summed E-state index contributed by atoms with van der Waals surface area (Å²) in [6.45, 7) is 2.78. The highest BCUT2D eigenvalue weighted by Crippen LogP contribution is 2.28. The van der Waals surface area contributed by atoms with Crippen LogP contribution < -0.4 is 10.2 Å². The van der Waals surface area contributed by atoms with Crippen molar-refractivity contribution in [1.29, 1.82) is 0 Å². The van der Waals surface area contributed by atoms with Crippen molar-refractivity contribution < 1.29 is 4.52 Å². The molecule has 124 valence electrons. The van der Waals surface area contributed by atoms with Gasteiger partial charge < -0.3 is 14.7 Å². The number of hydrogen-bond acceptors (Lipinski definition) is 6. The summed E-state index contributed by atoms with van der Waals surface area (Å²) >= 11 is 1.63. The van der Waals surface area contributed by atoms with Gasteiger partial charge in [-0.1, -0.05) is 17.3 Å². The first-order chi connectivity index (χ1) is 11.9. The van der Waals surface area contributed by atoms with Gasteiger partial charge >= 0.3 is 0 Å². The Morgan fingerprint density at radius 1 is 1.12 bits per heavy atom. The third kappa shape index (κ3) is 3.28. The molecule has 3 heterocycles. The Hall–Kier alpha value is -2.34. The topological polar surface area (TPSA) is 54.2 Å². The van der Waals surface area contributed by atoms with Gasteiger partial charge in [0.1, 0.15) is 0 Å². The van der Waals surface area contributed by atoms with Gasteiger partial charge in [-0.15, -0.1) is 0 Å². The van der Waals surface area contributed by atoms with E-state index in [0.717, 1.165) is 24.3 Å². The zero-order chi connectivity index (χ0) is 16.2. The summed E-state index contributed by atoms with van der Waals surface area (Å²) in [5.74, 6) is 1.25. The Morgan fingerprint density at radius 2 is 2.00 bits per heavy atom. The summed E-state index contributed by atoms with van der Waals surface area (Å²) in [6, 6.07) is 10.4. The van der Waals surface area contributed by atoms with E-state index in [1.807, 2.05) is 16.8 Å².